The number of hydrogen-bond acceptors (Lipinski definition) is 1. The molecule has 16 heavy (non-hydrogen) atoms. The van der Waals surface area contributed by atoms with Crippen LogP contribution in [0.2, 0.25) is 5.15 Å². The molecule has 0 bridgehead atoms. The van der Waals surface area contributed by atoms with Crippen LogP contribution in [0.15, 0.2) is 36.4 Å². The third kappa shape index (κ3) is 1.17. The molecule has 1 heterocycles. The van der Waals surface area contributed by atoms with Gasteiger partial charge in [-0.3, -0.25) is 4.79 Å². The molecular formula is C13H8ClNO. The van der Waals surface area contributed by atoms with Crippen molar-refractivity contribution in [2.24, 2.45) is 0 Å². The minimum Gasteiger partial charge on any atom is -0.345 e. The summed E-state index contributed by atoms with van der Waals surface area (Å²) >= 11 is 5.98. The third-order valence-corrected chi connectivity index (χ3v) is 3.10. The van der Waals surface area contributed by atoms with Crippen LogP contribution in [0.5, 0.6) is 0 Å². The minimum atomic E-state index is 0.404. The Morgan fingerprint density at radius 3 is 2.75 bits per heavy atom. The molecule has 0 radical (unpaired) electrons. The molecule has 0 aliphatic rings. The normalized spacial score (nSPS) is 11.1. The number of carbonyl (C=O) groups is 1. The lowest BCUT2D eigenvalue weighted by atomic mass is 10.0. The van der Waals surface area contributed by atoms with Gasteiger partial charge in [0, 0.05) is 10.9 Å². The van der Waals surface area contributed by atoms with Gasteiger partial charge in [0.2, 0.25) is 0 Å². The number of benzene rings is 2. The van der Waals surface area contributed by atoms with E-state index in [-0.39, 0.29) is 0 Å². The first-order chi connectivity index (χ1) is 7.81. The van der Waals surface area contributed by atoms with Crippen molar-refractivity contribution in [1.29, 1.82) is 0 Å². The number of aldehydes is 1. The molecule has 0 amide bonds. The Labute approximate surface area is 96.8 Å². The van der Waals surface area contributed by atoms with Crippen molar-refractivity contribution >= 4 is 39.6 Å². The average Bonchev–Trinajstić information content (AvgIpc) is 2.65. The van der Waals surface area contributed by atoms with Crippen LogP contribution in [0.1, 0.15) is 10.4 Å². The van der Waals surface area contributed by atoms with Crippen LogP contribution in [0, 0.1) is 0 Å². The van der Waals surface area contributed by atoms with E-state index in [0.717, 1.165) is 28.0 Å². The van der Waals surface area contributed by atoms with Crippen LogP contribution < -0.4 is 0 Å². The first kappa shape index (κ1) is 9.43. The fourth-order valence-corrected chi connectivity index (χ4v) is 2.31. The minimum absolute atomic E-state index is 0.404. The number of aromatic nitrogens is 1. The second-order valence-corrected chi connectivity index (χ2v) is 4.06. The largest absolute Gasteiger partial charge is 0.345 e. The summed E-state index contributed by atoms with van der Waals surface area (Å²) in [4.78, 5) is 14.0. The molecule has 0 spiro atoms. The first-order valence-electron chi connectivity index (χ1n) is 4.95. The molecular weight excluding hydrogens is 222 g/mol. The molecule has 0 fully saturated rings. The Bertz CT molecular complexity index is 700. The summed E-state index contributed by atoms with van der Waals surface area (Å²) < 4.78 is 0. The van der Waals surface area contributed by atoms with Crippen molar-refractivity contribution in [2.45, 2.75) is 0 Å². The van der Waals surface area contributed by atoms with Gasteiger partial charge in [0.05, 0.1) is 5.56 Å². The topological polar surface area (TPSA) is 32.9 Å². The molecule has 1 N–H and O–H groups in total. The second-order valence-electron chi connectivity index (χ2n) is 3.68. The van der Waals surface area contributed by atoms with E-state index in [4.69, 9.17) is 11.6 Å². The summed E-state index contributed by atoms with van der Waals surface area (Å²) in [5.41, 5.74) is 1.43. The Balaban J connectivity index is 2.62. The molecule has 0 aliphatic carbocycles. The highest BCUT2D eigenvalue weighted by atomic mass is 35.5. The number of nitrogens with one attached hydrogen (secondary N) is 1. The highest BCUT2D eigenvalue weighted by Gasteiger charge is 2.11. The average molecular weight is 230 g/mol. The van der Waals surface area contributed by atoms with Gasteiger partial charge in [-0.25, -0.2) is 0 Å². The van der Waals surface area contributed by atoms with E-state index in [1.54, 1.807) is 0 Å². The van der Waals surface area contributed by atoms with Gasteiger partial charge in [0.1, 0.15) is 5.15 Å². The Kier molecular flexibility index (Phi) is 1.98. The number of carbonyl (C=O) groups excluding carboxylic acids is 1. The van der Waals surface area contributed by atoms with Gasteiger partial charge in [0.25, 0.3) is 0 Å². The Morgan fingerprint density at radius 2 is 1.94 bits per heavy atom. The zero-order valence-electron chi connectivity index (χ0n) is 8.33. The Morgan fingerprint density at radius 1 is 1.12 bits per heavy atom. The zero-order valence-corrected chi connectivity index (χ0v) is 9.08. The lowest BCUT2D eigenvalue weighted by molar-refractivity contribution is 0.112. The van der Waals surface area contributed by atoms with E-state index in [1.807, 2.05) is 36.4 Å². The molecule has 1 aromatic heterocycles. The number of halogens is 1. The number of fused-ring (bicyclic) bond motifs is 3. The quantitative estimate of drug-likeness (QED) is 0.633. The number of H-pyrrole nitrogens is 1. The molecule has 2 aromatic carbocycles. The summed E-state index contributed by atoms with van der Waals surface area (Å²) in [6.45, 7) is 0. The highest BCUT2D eigenvalue weighted by Crippen LogP contribution is 2.31. The van der Waals surface area contributed by atoms with Crippen molar-refractivity contribution < 1.29 is 4.79 Å². The van der Waals surface area contributed by atoms with E-state index in [1.165, 1.54) is 0 Å². The maximum Gasteiger partial charge on any atom is 0.153 e. The van der Waals surface area contributed by atoms with Gasteiger partial charge in [-0.15, -0.1) is 0 Å². The van der Waals surface area contributed by atoms with Crippen molar-refractivity contribution in [2.75, 3.05) is 0 Å². The van der Waals surface area contributed by atoms with Crippen molar-refractivity contribution in [3.8, 4) is 0 Å². The molecule has 0 aliphatic heterocycles. The van der Waals surface area contributed by atoms with E-state index in [2.05, 4.69) is 4.98 Å². The van der Waals surface area contributed by atoms with Crippen LogP contribution in [0.25, 0.3) is 21.7 Å². The van der Waals surface area contributed by atoms with Gasteiger partial charge in [-0.2, -0.15) is 0 Å². The van der Waals surface area contributed by atoms with E-state index < -0.39 is 0 Å². The monoisotopic (exact) mass is 229 g/mol. The van der Waals surface area contributed by atoms with Gasteiger partial charge >= 0.3 is 0 Å². The second kappa shape index (κ2) is 3.35. The lowest BCUT2D eigenvalue weighted by Crippen LogP contribution is -1.79. The summed E-state index contributed by atoms with van der Waals surface area (Å²) in [5.74, 6) is 0. The van der Waals surface area contributed by atoms with Crippen LogP contribution in [0.3, 0.4) is 0 Å². The summed E-state index contributed by atoms with van der Waals surface area (Å²) in [5, 5.41) is 3.46. The Hall–Kier alpha value is -1.80. The van der Waals surface area contributed by atoms with E-state index in [0.29, 0.717) is 10.7 Å². The lowest BCUT2D eigenvalue weighted by Gasteiger charge is -1.99. The number of aromatic amines is 1. The maximum absolute atomic E-state index is 11.0. The van der Waals surface area contributed by atoms with Gasteiger partial charge < -0.3 is 4.98 Å². The molecule has 0 unspecified atom stereocenters. The van der Waals surface area contributed by atoms with E-state index in [9.17, 15) is 4.79 Å². The first-order valence-corrected chi connectivity index (χ1v) is 5.33. The standard InChI is InChI=1S/C13H8ClNO/c14-13-10(7-16)12-9-4-2-1-3-8(9)5-6-11(12)15-13/h1-7,15H. The molecule has 0 atom stereocenters. The van der Waals surface area contributed by atoms with Crippen LogP contribution in [-0.4, -0.2) is 11.3 Å². The summed E-state index contributed by atoms with van der Waals surface area (Å²) in [6.07, 6.45) is 0.799. The highest BCUT2D eigenvalue weighted by molar-refractivity contribution is 6.35. The maximum atomic E-state index is 11.0. The van der Waals surface area contributed by atoms with Gasteiger partial charge in [-0.05, 0) is 16.8 Å². The molecule has 3 rings (SSSR count). The molecule has 3 heteroatoms. The van der Waals surface area contributed by atoms with Crippen molar-refractivity contribution in [3.63, 3.8) is 0 Å². The molecule has 0 saturated heterocycles. The zero-order chi connectivity index (χ0) is 11.1. The summed E-state index contributed by atoms with van der Waals surface area (Å²) in [6, 6.07) is 11.9. The van der Waals surface area contributed by atoms with Crippen molar-refractivity contribution in [1.82, 2.24) is 4.98 Å². The predicted molar refractivity (Wildman–Crippen MR) is 66.2 cm³/mol. The molecule has 2 nitrogen and oxygen atoms in total. The SMILES string of the molecule is O=Cc1c(Cl)[nH]c2ccc3ccccc3c12. The molecule has 78 valence electrons. The van der Waals surface area contributed by atoms with Crippen molar-refractivity contribution in [3.05, 3.63) is 47.1 Å². The van der Waals surface area contributed by atoms with Gasteiger partial charge in [-0.1, -0.05) is 41.9 Å². The molecule has 3 aromatic rings. The number of rotatable bonds is 1. The third-order valence-electron chi connectivity index (χ3n) is 2.80. The van der Waals surface area contributed by atoms with Crippen LogP contribution in [0.4, 0.5) is 0 Å². The fourth-order valence-electron chi connectivity index (χ4n) is 2.07. The van der Waals surface area contributed by atoms with Gasteiger partial charge in [0.15, 0.2) is 6.29 Å². The predicted octanol–water partition coefficient (Wildman–Crippen LogP) is 3.79. The smallest absolute Gasteiger partial charge is 0.153 e. The van der Waals surface area contributed by atoms with Crippen LogP contribution >= 0.6 is 11.6 Å². The van der Waals surface area contributed by atoms with Crippen LogP contribution in [-0.2, 0) is 0 Å². The van der Waals surface area contributed by atoms with E-state index >= 15 is 0 Å². The fraction of sp³-hybridized carbons (Fsp3) is 0. The number of hydrogen-bond donors (Lipinski definition) is 1. The molecule has 0 saturated carbocycles. The summed E-state index contributed by atoms with van der Waals surface area (Å²) in [7, 11) is 0.